The van der Waals surface area contributed by atoms with Gasteiger partial charge >= 0.3 is 6.09 Å². The summed E-state index contributed by atoms with van der Waals surface area (Å²) in [5, 5.41) is 5.75. The third kappa shape index (κ3) is 4.46. The number of benzene rings is 2. The van der Waals surface area contributed by atoms with Gasteiger partial charge in [0.2, 0.25) is 0 Å². The summed E-state index contributed by atoms with van der Waals surface area (Å²) in [5.41, 5.74) is 2.23. The molecule has 0 fully saturated rings. The maximum atomic E-state index is 13.2. The van der Waals surface area contributed by atoms with Gasteiger partial charge in [-0.3, -0.25) is 5.32 Å². The van der Waals surface area contributed by atoms with Gasteiger partial charge in [0, 0.05) is 22.4 Å². The van der Waals surface area contributed by atoms with Gasteiger partial charge in [-0.15, -0.1) is 0 Å². The van der Waals surface area contributed by atoms with Gasteiger partial charge in [-0.25, -0.2) is 9.18 Å². The molecule has 0 atom stereocenters. The van der Waals surface area contributed by atoms with Crippen LogP contribution in [0.15, 0.2) is 46.9 Å². The van der Waals surface area contributed by atoms with E-state index in [1.54, 1.807) is 24.3 Å². The van der Waals surface area contributed by atoms with Crippen LogP contribution in [0.2, 0.25) is 0 Å². The van der Waals surface area contributed by atoms with E-state index < -0.39 is 6.09 Å². The summed E-state index contributed by atoms with van der Waals surface area (Å²) in [4.78, 5) is 11.2. The molecule has 4 nitrogen and oxygen atoms in total. The quantitative estimate of drug-likeness (QED) is 0.858. The Bertz CT molecular complexity index is 649. The zero-order valence-electron chi connectivity index (χ0n) is 11.3. The molecule has 0 aliphatic carbocycles. The fourth-order valence-electron chi connectivity index (χ4n) is 1.75. The largest absolute Gasteiger partial charge is 0.453 e. The third-order valence-electron chi connectivity index (χ3n) is 2.79. The fourth-order valence-corrected chi connectivity index (χ4v) is 2.14. The number of amides is 1. The highest BCUT2D eigenvalue weighted by Gasteiger charge is 2.04. The summed E-state index contributed by atoms with van der Waals surface area (Å²) in [6, 6.07) is 11.7. The lowest BCUT2D eigenvalue weighted by molar-refractivity contribution is 0.187. The Labute approximate surface area is 130 Å². The average molecular weight is 353 g/mol. The van der Waals surface area contributed by atoms with Crippen LogP contribution in [0.5, 0.6) is 0 Å². The summed E-state index contributed by atoms with van der Waals surface area (Å²) < 4.78 is 18.6. The normalized spacial score (nSPS) is 10.0. The SMILES string of the molecule is COC(=O)Nc1cccc(NCc2cc(F)ccc2Br)c1. The summed E-state index contributed by atoms with van der Waals surface area (Å²) in [5.74, 6) is -0.281. The molecule has 0 aliphatic rings. The van der Waals surface area contributed by atoms with Crippen LogP contribution in [0.1, 0.15) is 5.56 Å². The number of carbonyl (C=O) groups is 1. The number of anilines is 2. The van der Waals surface area contributed by atoms with E-state index in [9.17, 15) is 9.18 Å². The van der Waals surface area contributed by atoms with Crippen molar-refractivity contribution in [3.8, 4) is 0 Å². The van der Waals surface area contributed by atoms with E-state index in [1.807, 2.05) is 6.07 Å². The van der Waals surface area contributed by atoms with Crippen LogP contribution in [-0.2, 0) is 11.3 Å². The monoisotopic (exact) mass is 352 g/mol. The van der Waals surface area contributed by atoms with Crippen molar-refractivity contribution in [2.24, 2.45) is 0 Å². The summed E-state index contributed by atoms with van der Waals surface area (Å²) >= 11 is 3.38. The number of hydrogen-bond donors (Lipinski definition) is 2. The topological polar surface area (TPSA) is 50.4 Å². The lowest BCUT2D eigenvalue weighted by Crippen LogP contribution is -2.11. The van der Waals surface area contributed by atoms with Crippen LogP contribution in [0.3, 0.4) is 0 Å². The molecule has 0 spiro atoms. The molecule has 6 heteroatoms. The Morgan fingerprint density at radius 2 is 2.00 bits per heavy atom. The number of halogens is 2. The molecule has 0 bridgehead atoms. The van der Waals surface area contributed by atoms with E-state index in [0.29, 0.717) is 12.2 Å². The molecular weight excluding hydrogens is 339 g/mol. The molecule has 2 N–H and O–H groups in total. The molecule has 0 aliphatic heterocycles. The van der Waals surface area contributed by atoms with Gasteiger partial charge in [-0.1, -0.05) is 22.0 Å². The molecule has 0 radical (unpaired) electrons. The number of rotatable bonds is 4. The van der Waals surface area contributed by atoms with Crippen molar-refractivity contribution in [2.45, 2.75) is 6.54 Å². The zero-order chi connectivity index (χ0) is 15.2. The molecule has 2 aromatic rings. The summed E-state index contributed by atoms with van der Waals surface area (Å²) in [6.07, 6.45) is -0.528. The van der Waals surface area contributed by atoms with Crippen molar-refractivity contribution in [1.29, 1.82) is 0 Å². The zero-order valence-corrected chi connectivity index (χ0v) is 12.9. The average Bonchev–Trinajstić information content (AvgIpc) is 2.48. The Kier molecular flexibility index (Phi) is 5.16. The van der Waals surface area contributed by atoms with Crippen molar-refractivity contribution in [2.75, 3.05) is 17.7 Å². The van der Waals surface area contributed by atoms with E-state index in [2.05, 4.69) is 31.3 Å². The predicted molar refractivity (Wildman–Crippen MR) is 83.9 cm³/mol. The van der Waals surface area contributed by atoms with Crippen LogP contribution < -0.4 is 10.6 Å². The highest BCUT2D eigenvalue weighted by molar-refractivity contribution is 9.10. The molecule has 2 aromatic carbocycles. The van der Waals surface area contributed by atoms with Crippen LogP contribution >= 0.6 is 15.9 Å². The van der Waals surface area contributed by atoms with Gasteiger partial charge in [-0.2, -0.15) is 0 Å². The van der Waals surface area contributed by atoms with Gasteiger partial charge in [0.25, 0.3) is 0 Å². The first-order valence-corrected chi connectivity index (χ1v) is 7.00. The van der Waals surface area contributed by atoms with Crippen LogP contribution in [0, 0.1) is 5.82 Å². The molecule has 0 saturated carbocycles. The minimum atomic E-state index is -0.528. The number of methoxy groups -OCH3 is 1. The molecule has 2 rings (SSSR count). The molecule has 110 valence electrons. The second-order valence-corrected chi connectivity index (χ2v) is 5.14. The minimum absolute atomic E-state index is 0.281. The number of carbonyl (C=O) groups excluding carboxylic acids is 1. The minimum Gasteiger partial charge on any atom is -0.453 e. The molecular formula is C15H14BrFN2O2. The van der Waals surface area contributed by atoms with Gasteiger partial charge in [0.15, 0.2) is 0 Å². The Hall–Kier alpha value is -2.08. The second kappa shape index (κ2) is 7.08. The van der Waals surface area contributed by atoms with E-state index in [1.165, 1.54) is 19.2 Å². The highest BCUT2D eigenvalue weighted by atomic mass is 79.9. The standard InChI is InChI=1S/C15H14BrFN2O2/c1-21-15(20)19-13-4-2-3-12(8-13)18-9-10-7-11(17)5-6-14(10)16/h2-8,18H,9H2,1H3,(H,19,20). The lowest BCUT2D eigenvalue weighted by atomic mass is 10.2. The number of nitrogens with one attached hydrogen (secondary N) is 2. The van der Waals surface area contributed by atoms with Gasteiger partial charge < -0.3 is 10.1 Å². The molecule has 0 unspecified atom stereocenters. The van der Waals surface area contributed by atoms with Crippen LogP contribution in [-0.4, -0.2) is 13.2 Å². The first kappa shape index (κ1) is 15.3. The van der Waals surface area contributed by atoms with Crippen molar-refractivity contribution < 1.29 is 13.9 Å². The number of ether oxygens (including phenoxy) is 1. The fraction of sp³-hybridized carbons (Fsp3) is 0.133. The maximum Gasteiger partial charge on any atom is 0.411 e. The Morgan fingerprint density at radius 1 is 1.24 bits per heavy atom. The third-order valence-corrected chi connectivity index (χ3v) is 3.56. The summed E-state index contributed by atoms with van der Waals surface area (Å²) in [7, 11) is 1.30. The molecule has 0 saturated heterocycles. The molecule has 0 aromatic heterocycles. The maximum absolute atomic E-state index is 13.2. The number of hydrogen-bond acceptors (Lipinski definition) is 3. The lowest BCUT2D eigenvalue weighted by Gasteiger charge is -2.10. The van der Waals surface area contributed by atoms with Crippen LogP contribution in [0.4, 0.5) is 20.6 Å². The van der Waals surface area contributed by atoms with E-state index in [0.717, 1.165) is 15.7 Å². The highest BCUT2D eigenvalue weighted by Crippen LogP contribution is 2.21. The summed E-state index contributed by atoms with van der Waals surface area (Å²) in [6.45, 7) is 0.458. The van der Waals surface area contributed by atoms with Crippen molar-refractivity contribution in [3.05, 3.63) is 58.3 Å². The smallest absolute Gasteiger partial charge is 0.411 e. The Morgan fingerprint density at radius 3 is 2.76 bits per heavy atom. The van der Waals surface area contributed by atoms with E-state index in [-0.39, 0.29) is 5.82 Å². The van der Waals surface area contributed by atoms with Gasteiger partial charge in [-0.05, 0) is 42.0 Å². The predicted octanol–water partition coefficient (Wildman–Crippen LogP) is 4.38. The Balaban J connectivity index is 2.04. The molecule has 0 heterocycles. The van der Waals surface area contributed by atoms with Crippen molar-refractivity contribution in [3.63, 3.8) is 0 Å². The first-order valence-electron chi connectivity index (χ1n) is 6.21. The van der Waals surface area contributed by atoms with Crippen molar-refractivity contribution in [1.82, 2.24) is 0 Å². The van der Waals surface area contributed by atoms with E-state index in [4.69, 9.17) is 0 Å². The molecule has 1 amide bonds. The van der Waals surface area contributed by atoms with Crippen molar-refractivity contribution >= 4 is 33.4 Å². The van der Waals surface area contributed by atoms with Gasteiger partial charge in [0.05, 0.1) is 7.11 Å². The second-order valence-electron chi connectivity index (χ2n) is 4.29. The van der Waals surface area contributed by atoms with Crippen LogP contribution in [0.25, 0.3) is 0 Å². The van der Waals surface area contributed by atoms with Gasteiger partial charge in [0.1, 0.15) is 5.82 Å². The molecule has 21 heavy (non-hydrogen) atoms. The van der Waals surface area contributed by atoms with E-state index >= 15 is 0 Å². The first-order chi connectivity index (χ1) is 10.1.